The molecule has 11 nitrogen and oxygen atoms in total. The minimum Gasteiger partial charge on any atom is -0.493 e. The number of ether oxygens (including phenoxy) is 1. The largest absolute Gasteiger partial charge is 0.493 e. The quantitative estimate of drug-likeness (QED) is 0.376. The number of rotatable bonds is 4. The molecule has 1 saturated heterocycles. The molecule has 6 rings (SSSR count). The first-order chi connectivity index (χ1) is 17.5. The number of carbonyl (C=O) groups excluding carboxylic acids is 1. The van der Waals surface area contributed by atoms with Gasteiger partial charge in [0.2, 0.25) is 5.88 Å². The molecule has 0 radical (unpaired) electrons. The Morgan fingerprint density at radius 3 is 2.75 bits per heavy atom. The SMILES string of the molecule is O=C(c1cc(-c2cc(=NC3CC3)n3nc/c(=C\c4[nH]c(=O)[nH]c4O)c3n2)ccc1F)N1CCOCC1. The molecule has 1 saturated carbocycles. The van der Waals surface area contributed by atoms with Crippen molar-refractivity contribution >= 4 is 17.6 Å². The fraction of sp³-hybridized carbons (Fsp3) is 0.292. The summed E-state index contributed by atoms with van der Waals surface area (Å²) in [6.07, 6.45) is 5.06. The number of benzene rings is 1. The Labute approximate surface area is 202 Å². The third-order valence-corrected chi connectivity index (χ3v) is 6.17. The Morgan fingerprint density at radius 2 is 2.03 bits per heavy atom. The average molecular weight is 491 g/mol. The molecular weight excluding hydrogens is 469 g/mol. The molecule has 0 bridgehead atoms. The number of aromatic nitrogens is 5. The zero-order chi connectivity index (χ0) is 24.8. The first kappa shape index (κ1) is 22.2. The van der Waals surface area contributed by atoms with Gasteiger partial charge in [-0.1, -0.05) is 0 Å². The molecule has 12 heteroatoms. The number of nitrogens with zero attached hydrogens (tertiary/aromatic N) is 5. The van der Waals surface area contributed by atoms with E-state index in [0.717, 1.165) is 12.8 Å². The molecule has 0 unspecified atom stereocenters. The number of aromatic amines is 2. The number of hydrogen-bond donors (Lipinski definition) is 3. The van der Waals surface area contributed by atoms with Crippen LogP contribution in [0, 0.1) is 5.82 Å². The molecule has 1 aliphatic heterocycles. The van der Waals surface area contributed by atoms with Crippen molar-refractivity contribution in [2.24, 2.45) is 4.99 Å². The van der Waals surface area contributed by atoms with E-state index in [2.05, 4.69) is 15.1 Å². The Kier molecular flexibility index (Phi) is 5.37. The summed E-state index contributed by atoms with van der Waals surface area (Å²) in [7, 11) is 0. The van der Waals surface area contributed by atoms with Gasteiger partial charge in [-0.15, -0.1) is 0 Å². The van der Waals surface area contributed by atoms with Crippen LogP contribution in [0.15, 0.2) is 40.2 Å². The van der Waals surface area contributed by atoms with E-state index in [-0.39, 0.29) is 23.2 Å². The highest BCUT2D eigenvalue weighted by atomic mass is 19.1. The molecule has 36 heavy (non-hydrogen) atoms. The first-order valence-electron chi connectivity index (χ1n) is 11.6. The molecule has 4 aromatic rings. The minimum absolute atomic E-state index is 0.0353. The number of hydrogen-bond acceptors (Lipinski definition) is 7. The zero-order valence-corrected chi connectivity index (χ0v) is 19.1. The Bertz CT molecular complexity index is 1660. The van der Waals surface area contributed by atoms with Gasteiger partial charge < -0.3 is 19.7 Å². The number of imidazole rings is 1. The van der Waals surface area contributed by atoms with Crippen LogP contribution in [0.4, 0.5) is 4.39 Å². The Morgan fingerprint density at radius 1 is 1.22 bits per heavy atom. The molecule has 4 heterocycles. The van der Waals surface area contributed by atoms with E-state index in [1.54, 1.807) is 33.8 Å². The summed E-state index contributed by atoms with van der Waals surface area (Å²) < 4.78 is 21.6. The number of morpholine rings is 1. The van der Waals surface area contributed by atoms with Gasteiger partial charge in [0.25, 0.3) is 5.91 Å². The van der Waals surface area contributed by atoms with Crippen molar-refractivity contribution in [3.63, 3.8) is 0 Å². The second-order valence-electron chi connectivity index (χ2n) is 8.78. The lowest BCUT2D eigenvalue weighted by atomic mass is 10.1. The van der Waals surface area contributed by atoms with Crippen LogP contribution >= 0.6 is 0 Å². The lowest BCUT2D eigenvalue weighted by Gasteiger charge is -2.27. The normalized spacial score (nSPS) is 17.3. The molecule has 0 atom stereocenters. The molecule has 1 aliphatic carbocycles. The molecule has 1 amide bonds. The van der Waals surface area contributed by atoms with Gasteiger partial charge in [-0.2, -0.15) is 9.61 Å². The van der Waals surface area contributed by atoms with Crippen LogP contribution in [-0.2, 0) is 4.74 Å². The van der Waals surface area contributed by atoms with Crippen molar-refractivity contribution < 1.29 is 19.0 Å². The van der Waals surface area contributed by atoms with E-state index in [4.69, 9.17) is 14.7 Å². The molecule has 2 fully saturated rings. The van der Waals surface area contributed by atoms with Gasteiger partial charge in [-0.05, 0) is 37.1 Å². The summed E-state index contributed by atoms with van der Waals surface area (Å²) in [6.45, 7) is 1.64. The maximum atomic E-state index is 14.7. The molecule has 0 spiro atoms. The van der Waals surface area contributed by atoms with Crippen LogP contribution in [0.1, 0.15) is 28.9 Å². The highest BCUT2D eigenvalue weighted by molar-refractivity contribution is 5.95. The minimum atomic E-state index is -0.607. The van der Waals surface area contributed by atoms with Crippen molar-refractivity contribution in [2.75, 3.05) is 26.3 Å². The van der Waals surface area contributed by atoms with Crippen molar-refractivity contribution in [2.45, 2.75) is 18.9 Å². The monoisotopic (exact) mass is 491 g/mol. The van der Waals surface area contributed by atoms with Crippen LogP contribution in [0.5, 0.6) is 5.88 Å². The van der Waals surface area contributed by atoms with E-state index in [9.17, 15) is 19.1 Å². The van der Waals surface area contributed by atoms with Gasteiger partial charge in [0.15, 0.2) is 11.1 Å². The van der Waals surface area contributed by atoms with Gasteiger partial charge in [0.05, 0.1) is 36.7 Å². The number of nitrogens with one attached hydrogen (secondary N) is 2. The summed E-state index contributed by atoms with van der Waals surface area (Å²) in [5.74, 6) is -1.31. The van der Waals surface area contributed by atoms with Gasteiger partial charge >= 0.3 is 5.69 Å². The molecular formula is C24H22FN7O4. The standard InChI is InChI=1S/C24H22FN7O4/c25-17-4-1-13(9-16(17)23(34)31-5-7-36-8-6-31)18-11-20(27-15-2-3-15)32-21(28-18)14(12-26-32)10-19-22(33)30-24(35)29-19/h1,4,9-12,15,33H,2-3,5-8H2,(H2,29,30,35)/b14-10+,27-20?. The summed E-state index contributed by atoms with van der Waals surface area (Å²) >= 11 is 0. The first-order valence-corrected chi connectivity index (χ1v) is 11.6. The highest BCUT2D eigenvalue weighted by Gasteiger charge is 2.23. The second-order valence-corrected chi connectivity index (χ2v) is 8.78. The number of fused-ring (bicyclic) bond motifs is 1. The number of H-pyrrole nitrogens is 2. The fourth-order valence-corrected chi connectivity index (χ4v) is 4.13. The summed E-state index contributed by atoms with van der Waals surface area (Å²) in [5, 5.41) is 14.9. The van der Waals surface area contributed by atoms with Crippen molar-refractivity contribution in [3.05, 3.63) is 68.7 Å². The van der Waals surface area contributed by atoms with Crippen molar-refractivity contribution in [1.29, 1.82) is 0 Å². The van der Waals surface area contributed by atoms with E-state index < -0.39 is 17.4 Å². The van der Waals surface area contributed by atoms with Crippen LogP contribution in [0.25, 0.3) is 23.0 Å². The number of halogens is 1. The van der Waals surface area contributed by atoms with E-state index in [1.165, 1.54) is 12.1 Å². The molecule has 184 valence electrons. The average Bonchev–Trinajstić information content (AvgIpc) is 3.52. The van der Waals surface area contributed by atoms with Gasteiger partial charge in [-0.3, -0.25) is 14.8 Å². The molecule has 1 aromatic carbocycles. The second kappa shape index (κ2) is 8.72. The van der Waals surface area contributed by atoms with Gasteiger partial charge in [0, 0.05) is 29.9 Å². The topological polar surface area (TPSA) is 141 Å². The van der Waals surface area contributed by atoms with E-state index >= 15 is 0 Å². The third kappa shape index (κ3) is 4.15. The number of aromatic hydroxyl groups is 1. The Balaban J connectivity index is 1.50. The maximum absolute atomic E-state index is 14.7. The van der Waals surface area contributed by atoms with Crippen molar-refractivity contribution in [3.8, 4) is 17.1 Å². The lowest BCUT2D eigenvalue weighted by Crippen LogP contribution is -2.41. The van der Waals surface area contributed by atoms with E-state index in [0.29, 0.717) is 53.9 Å². The predicted octanol–water partition coefficient (Wildman–Crippen LogP) is 0.341. The van der Waals surface area contributed by atoms with Crippen LogP contribution in [0.3, 0.4) is 0 Å². The number of carbonyl (C=O) groups is 1. The fourth-order valence-electron chi connectivity index (χ4n) is 4.13. The van der Waals surface area contributed by atoms with Crippen LogP contribution in [-0.4, -0.2) is 72.8 Å². The molecule has 2 aliphatic rings. The predicted molar refractivity (Wildman–Crippen MR) is 126 cm³/mol. The zero-order valence-electron chi connectivity index (χ0n) is 19.1. The summed E-state index contributed by atoms with van der Waals surface area (Å²) in [6, 6.07) is 6.28. The van der Waals surface area contributed by atoms with Crippen LogP contribution in [0.2, 0.25) is 0 Å². The highest BCUT2D eigenvalue weighted by Crippen LogP contribution is 2.24. The van der Waals surface area contributed by atoms with Gasteiger partial charge in [0.1, 0.15) is 11.5 Å². The Hall–Kier alpha value is -4.32. The van der Waals surface area contributed by atoms with Crippen molar-refractivity contribution in [1.82, 2.24) is 29.5 Å². The number of amides is 1. The lowest BCUT2D eigenvalue weighted by molar-refractivity contribution is 0.0300. The van der Waals surface area contributed by atoms with Gasteiger partial charge in [-0.25, -0.2) is 14.2 Å². The van der Waals surface area contributed by atoms with E-state index in [1.807, 2.05) is 0 Å². The molecule has 3 N–H and O–H groups in total. The summed E-state index contributed by atoms with van der Waals surface area (Å²) in [4.78, 5) is 40.4. The molecule has 3 aromatic heterocycles. The smallest absolute Gasteiger partial charge is 0.326 e. The van der Waals surface area contributed by atoms with Crippen LogP contribution < -0.4 is 16.4 Å². The third-order valence-electron chi connectivity index (χ3n) is 6.17. The maximum Gasteiger partial charge on any atom is 0.326 e. The summed E-state index contributed by atoms with van der Waals surface area (Å²) in [5.41, 5.74) is 1.63.